The van der Waals surface area contributed by atoms with Gasteiger partial charge in [0.1, 0.15) is 11.9 Å². The Morgan fingerprint density at radius 1 is 1.00 bits per heavy atom. The third kappa shape index (κ3) is 5.87. The number of hydrogen-bond acceptors (Lipinski definition) is 3. The molecule has 0 radical (unpaired) electrons. The number of alkyl halides is 3. The molecule has 2 aromatic carbocycles. The highest BCUT2D eigenvalue weighted by Crippen LogP contribution is 2.50. The summed E-state index contributed by atoms with van der Waals surface area (Å²) in [6, 6.07) is 11.2. The molecule has 0 bridgehead atoms. The number of hydrogen-bond donors (Lipinski definition) is 1. The normalized spacial score (nSPS) is 20.9. The molecule has 2 atom stereocenters. The van der Waals surface area contributed by atoms with Crippen LogP contribution in [-0.2, 0) is 11.0 Å². The van der Waals surface area contributed by atoms with E-state index in [1.807, 2.05) is 6.07 Å². The molecule has 0 aliphatic carbocycles. The van der Waals surface area contributed by atoms with Crippen LogP contribution in [0, 0.1) is 17.2 Å². The van der Waals surface area contributed by atoms with Crippen LogP contribution in [0.25, 0.3) is 0 Å². The summed E-state index contributed by atoms with van der Waals surface area (Å²) in [5.41, 5.74) is -0.478. The zero-order chi connectivity index (χ0) is 27.7. The van der Waals surface area contributed by atoms with Gasteiger partial charge in [-0.2, -0.15) is 13.2 Å². The van der Waals surface area contributed by atoms with Crippen LogP contribution in [0.5, 0.6) is 0 Å². The third-order valence-electron chi connectivity index (χ3n) is 8.26. The number of piperidine rings is 2. The van der Waals surface area contributed by atoms with Gasteiger partial charge in [-0.05, 0) is 68.0 Å². The van der Waals surface area contributed by atoms with Gasteiger partial charge < -0.3 is 15.1 Å². The van der Waals surface area contributed by atoms with Gasteiger partial charge in [-0.25, -0.2) is 4.39 Å². The number of carbonyl (C=O) groups is 2. The molecule has 5 nitrogen and oxygen atoms in total. The molecule has 2 amide bonds. The number of nitrogens with zero attached hydrogens (tertiary/aromatic N) is 2. The van der Waals surface area contributed by atoms with Crippen LogP contribution in [0.1, 0.15) is 60.5 Å². The van der Waals surface area contributed by atoms with Crippen molar-refractivity contribution in [1.82, 2.24) is 15.1 Å². The lowest BCUT2D eigenvalue weighted by Crippen LogP contribution is -2.56. The fraction of sp³-hybridized carbons (Fsp3) is 0.517. The van der Waals surface area contributed by atoms with Crippen LogP contribution < -0.4 is 5.32 Å². The van der Waals surface area contributed by atoms with Crippen LogP contribution in [0.2, 0.25) is 0 Å². The van der Waals surface area contributed by atoms with Gasteiger partial charge >= 0.3 is 6.18 Å². The molecule has 38 heavy (non-hydrogen) atoms. The second-order valence-electron chi connectivity index (χ2n) is 11.1. The average Bonchev–Trinajstić information content (AvgIpc) is 2.88. The van der Waals surface area contributed by atoms with Gasteiger partial charge in [0.05, 0.1) is 11.1 Å². The summed E-state index contributed by atoms with van der Waals surface area (Å²) in [6.07, 6.45) is -2.03. The van der Waals surface area contributed by atoms with Gasteiger partial charge in [-0.3, -0.25) is 9.59 Å². The first-order chi connectivity index (χ1) is 17.9. The van der Waals surface area contributed by atoms with E-state index in [1.165, 1.54) is 5.56 Å². The van der Waals surface area contributed by atoms with E-state index in [1.54, 1.807) is 18.7 Å². The molecular weight excluding hydrogens is 498 g/mol. The number of halogens is 4. The topological polar surface area (TPSA) is 52.7 Å². The van der Waals surface area contributed by atoms with Gasteiger partial charge in [0, 0.05) is 25.6 Å². The Labute approximate surface area is 221 Å². The summed E-state index contributed by atoms with van der Waals surface area (Å²) in [4.78, 5) is 30.4. The molecule has 1 unspecified atom stereocenters. The van der Waals surface area contributed by atoms with E-state index in [9.17, 15) is 27.2 Å². The van der Waals surface area contributed by atoms with E-state index in [-0.39, 0.29) is 17.2 Å². The van der Waals surface area contributed by atoms with Crippen molar-refractivity contribution in [2.24, 2.45) is 11.3 Å². The minimum absolute atomic E-state index is 0.0718. The number of nitrogens with one attached hydrogen (secondary N) is 1. The Morgan fingerprint density at radius 2 is 1.63 bits per heavy atom. The van der Waals surface area contributed by atoms with Gasteiger partial charge in [-0.1, -0.05) is 44.2 Å². The predicted molar refractivity (Wildman–Crippen MR) is 137 cm³/mol. The Hall–Kier alpha value is -2.94. The number of benzene rings is 2. The molecule has 9 heteroatoms. The van der Waals surface area contributed by atoms with Crippen LogP contribution >= 0.6 is 0 Å². The molecule has 1 spiro atoms. The van der Waals surface area contributed by atoms with Crippen LogP contribution in [-0.4, -0.2) is 60.9 Å². The molecule has 4 rings (SSSR count). The molecule has 2 heterocycles. The predicted octanol–water partition coefficient (Wildman–Crippen LogP) is 5.33. The van der Waals surface area contributed by atoms with Crippen LogP contribution in [0.3, 0.4) is 0 Å². The maximum Gasteiger partial charge on any atom is 0.416 e. The first-order valence-corrected chi connectivity index (χ1v) is 13.1. The Balaban J connectivity index is 1.47. The smallest absolute Gasteiger partial charge is 0.341 e. The first kappa shape index (κ1) is 28.1. The van der Waals surface area contributed by atoms with Crippen molar-refractivity contribution in [3.05, 3.63) is 71.0 Å². The molecular formula is C29H35F4N3O2. The van der Waals surface area contributed by atoms with E-state index < -0.39 is 35.1 Å². The lowest BCUT2D eigenvalue weighted by Gasteiger charge is -2.52. The molecule has 0 saturated carbocycles. The molecule has 2 aliphatic heterocycles. The van der Waals surface area contributed by atoms with E-state index in [4.69, 9.17) is 0 Å². The number of amides is 2. The fourth-order valence-corrected chi connectivity index (χ4v) is 5.90. The van der Waals surface area contributed by atoms with Gasteiger partial charge in [0.15, 0.2) is 0 Å². The summed E-state index contributed by atoms with van der Waals surface area (Å²) in [6.45, 7) is 6.50. The lowest BCUT2D eigenvalue weighted by molar-refractivity contribution is -0.138. The highest BCUT2D eigenvalue weighted by Gasteiger charge is 2.46. The van der Waals surface area contributed by atoms with Crippen molar-refractivity contribution in [1.29, 1.82) is 0 Å². The van der Waals surface area contributed by atoms with Crippen molar-refractivity contribution in [3.63, 3.8) is 0 Å². The van der Waals surface area contributed by atoms with E-state index in [2.05, 4.69) is 41.5 Å². The fourth-order valence-electron chi connectivity index (χ4n) is 5.90. The van der Waals surface area contributed by atoms with Crippen molar-refractivity contribution in [3.8, 4) is 0 Å². The highest BCUT2D eigenvalue weighted by molar-refractivity contribution is 5.98. The second kappa shape index (κ2) is 11.0. The molecule has 2 fully saturated rings. The maximum atomic E-state index is 14.3. The number of rotatable bonds is 5. The van der Waals surface area contributed by atoms with Crippen molar-refractivity contribution in [2.45, 2.75) is 51.2 Å². The number of carbonyl (C=O) groups excluding carboxylic acids is 2. The first-order valence-electron chi connectivity index (χ1n) is 13.1. The zero-order valence-corrected chi connectivity index (χ0v) is 22.0. The minimum Gasteiger partial charge on any atom is -0.341 e. The maximum absolute atomic E-state index is 14.3. The summed E-state index contributed by atoms with van der Waals surface area (Å²) in [7, 11) is 2.13. The summed E-state index contributed by atoms with van der Waals surface area (Å²) in [5.74, 6) is -2.38. The molecule has 0 aromatic heterocycles. The summed E-state index contributed by atoms with van der Waals surface area (Å²) < 4.78 is 53.6. The van der Waals surface area contributed by atoms with Gasteiger partial charge in [-0.15, -0.1) is 0 Å². The van der Waals surface area contributed by atoms with Gasteiger partial charge in [0.2, 0.25) is 5.91 Å². The molecule has 206 valence electrons. The monoisotopic (exact) mass is 533 g/mol. The van der Waals surface area contributed by atoms with E-state index in [0.717, 1.165) is 32.4 Å². The van der Waals surface area contributed by atoms with Gasteiger partial charge in [0.25, 0.3) is 5.91 Å². The summed E-state index contributed by atoms with van der Waals surface area (Å²) in [5, 5.41) is 2.52. The molecule has 1 N–H and O–H groups in total. The van der Waals surface area contributed by atoms with Crippen molar-refractivity contribution < 1.29 is 27.2 Å². The van der Waals surface area contributed by atoms with Crippen LogP contribution in [0.15, 0.2) is 48.5 Å². The average molecular weight is 534 g/mol. The zero-order valence-electron chi connectivity index (χ0n) is 22.0. The van der Waals surface area contributed by atoms with E-state index in [0.29, 0.717) is 37.2 Å². The number of likely N-dealkylation sites (tertiary alicyclic amines) is 2. The SMILES string of the molecule is CC(C)[C@@H](NC(=O)c1cc(C(F)(F)F)ccc1F)C(=O)N1CCC2(CCN(C)CC2c2ccccc2)CC1. The Kier molecular flexibility index (Phi) is 8.16. The second-order valence-corrected chi connectivity index (χ2v) is 11.1. The number of likely N-dealkylation sites (N-methyl/N-ethyl adjacent to an activating group) is 1. The highest BCUT2D eigenvalue weighted by atomic mass is 19.4. The standard InChI is InChI=1S/C29H35F4N3O2/c1-19(2)25(34-26(37)22-17-21(29(31,32)33)9-10-24(22)30)27(38)36-15-12-28(13-16-36)11-14-35(3)18-23(28)20-7-5-4-6-8-20/h4-10,17,19,23,25H,11-16,18H2,1-3H3,(H,34,37)/t23?,25-/m1/s1. The molecule has 2 saturated heterocycles. The quantitative estimate of drug-likeness (QED) is 0.529. The van der Waals surface area contributed by atoms with Crippen LogP contribution in [0.4, 0.5) is 17.6 Å². The Bertz CT molecular complexity index is 1140. The largest absolute Gasteiger partial charge is 0.416 e. The third-order valence-corrected chi connectivity index (χ3v) is 8.26. The van der Waals surface area contributed by atoms with Crippen molar-refractivity contribution in [2.75, 3.05) is 33.2 Å². The molecule has 2 aliphatic rings. The summed E-state index contributed by atoms with van der Waals surface area (Å²) >= 11 is 0. The lowest BCUT2D eigenvalue weighted by atomic mass is 9.62. The Morgan fingerprint density at radius 3 is 2.24 bits per heavy atom. The van der Waals surface area contributed by atoms with Crippen molar-refractivity contribution >= 4 is 11.8 Å². The molecule has 2 aromatic rings. The van der Waals surface area contributed by atoms with E-state index >= 15 is 0 Å². The minimum atomic E-state index is -4.72.